The van der Waals surface area contributed by atoms with Gasteiger partial charge in [0.15, 0.2) is 0 Å². The van der Waals surface area contributed by atoms with E-state index in [0.29, 0.717) is 25.9 Å². The zero-order valence-corrected chi connectivity index (χ0v) is 9.16. The zero-order chi connectivity index (χ0) is 10.8. The SMILES string of the molecule is CCCCCN(CCC(=O)CC)N=O. The summed E-state index contributed by atoms with van der Waals surface area (Å²) in [6.45, 7) is 5.09. The molecular formula is C10H20N2O2. The quantitative estimate of drug-likeness (QED) is 0.326. The van der Waals surface area contributed by atoms with Gasteiger partial charge in [-0.15, -0.1) is 4.91 Å². The Morgan fingerprint density at radius 2 is 1.93 bits per heavy atom. The van der Waals surface area contributed by atoms with Gasteiger partial charge in [0.25, 0.3) is 0 Å². The van der Waals surface area contributed by atoms with Crippen LogP contribution < -0.4 is 0 Å². The van der Waals surface area contributed by atoms with E-state index in [0.717, 1.165) is 19.3 Å². The number of carbonyl (C=O) groups is 1. The van der Waals surface area contributed by atoms with Gasteiger partial charge in [-0.3, -0.25) is 9.80 Å². The number of nitroso groups, excluding NO2 is 1. The Labute approximate surface area is 85.6 Å². The summed E-state index contributed by atoms with van der Waals surface area (Å²) in [7, 11) is 0. The van der Waals surface area contributed by atoms with E-state index in [1.54, 1.807) is 0 Å². The molecule has 82 valence electrons. The summed E-state index contributed by atoms with van der Waals surface area (Å²) in [6, 6.07) is 0. The fraction of sp³-hybridized carbons (Fsp3) is 0.900. The number of unbranched alkanes of at least 4 members (excludes halogenated alkanes) is 2. The smallest absolute Gasteiger partial charge is 0.134 e. The van der Waals surface area contributed by atoms with Crippen molar-refractivity contribution in [1.82, 2.24) is 5.01 Å². The van der Waals surface area contributed by atoms with Gasteiger partial charge in [0.1, 0.15) is 5.78 Å². The molecule has 0 N–H and O–H groups in total. The lowest BCUT2D eigenvalue weighted by Gasteiger charge is -2.13. The molecule has 14 heavy (non-hydrogen) atoms. The van der Waals surface area contributed by atoms with E-state index in [4.69, 9.17) is 0 Å². The van der Waals surface area contributed by atoms with Crippen LogP contribution in [0.5, 0.6) is 0 Å². The van der Waals surface area contributed by atoms with Gasteiger partial charge in [0, 0.05) is 25.9 Å². The second-order valence-corrected chi connectivity index (χ2v) is 3.38. The van der Waals surface area contributed by atoms with Crippen LogP contribution in [-0.2, 0) is 4.79 Å². The molecule has 0 amide bonds. The third-order valence-corrected chi connectivity index (χ3v) is 2.18. The third kappa shape index (κ3) is 6.57. The van der Waals surface area contributed by atoms with E-state index in [9.17, 15) is 9.70 Å². The van der Waals surface area contributed by atoms with Gasteiger partial charge in [-0.2, -0.15) is 0 Å². The highest BCUT2D eigenvalue weighted by atomic mass is 16.3. The Morgan fingerprint density at radius 1 is 1.21 bits per heavy atom. The van der Waals surface area contributed by atoms with Crippen LogP contribution in [-0.4, -0.2) is 23.9 Å². The van der Waals surface area contributed by atoms with Gasteiger partial charge in [0.2, 0.25) is 0 Å². The Balaban J connectivity index is 3.57. The molecule has 0 rings (SSSR count). The molecule has 0 aromatic rings. The Hall–Kier alpha value is -0.930. The standard InChI is InChI=1S/C10H20N2O2/c1-3-5-6-8-12(11-14)9-7-10(13)4-2/h3-9H2,1-2H3. The van der Waals surface area contributed by atoms with Crippen molar-refractivity contribution < 1.29 is 4.79 Å². The lowest BCUT2D eigenvalue weighted by atomic mass is 10.2. The minimum atomic E-state index is 0.189. The number of ketones is 1. The van der Waals surface area contributed by atoms with Gasteiger partial charge in [-0.25, -0.2) is 0 Å². The monoisotopic (exact) mass is 200 g/mol. The molecule has 0 aliphatic heterocycles. The predicted octanol–water partition coefficient (Wildman–Crippen LogP) is 2.53. The van der Waals surface area contributed by atoms with E-state index >= 15 is 0 Å². The molecule has 0 aromatic heterocycles. The molecule has 0 saturated carbocycles. The fourth-order valence-electron chi connectivity index (χ4n) is 1.17. The fourth-order valence-corrected chi connectivity index (χ4v) is 1.17. The van der Waals surface area contributed by atoms with E-state index in [2.05, 4.69) is 12.2 Å². The molecule has 0 heterocycles. The molecule has 0 atom stereocenters. The van der Waals surface area contributed by atoms with Crippen molar-refractivity contribution in [2.45, 2.75) is 46.0 Å². The lowest BCUT2D eigenvalue weighted by Crippen LogP contribution is -2.21. The zero-order valence-electron chi connectivity index (χ0n) is 9.16. The van der Waals surface area contributed by atoms with E-state index in [1.165, 1.54) is 5.01 Å². The summed E-state index contributed by atoms with van der Waals surface area (Å²) in [5.41, 5.74) is 0. The molecule has 0 bridgehead atoms. The van der Waals surface area contributed by atoms with Crippen LogP contribution in [0.2, 0.25) is 0 Å². The maximum Gasteiger partial charge on any atom is 0.134 e. The van der Waals surface area contributed by atoms with Crippen LogP contribution in [0.1, 0.15) is 46.0 Å². The predicted molar refractivity (Wildman–Crippen MR) is 56.8 cm³/mol. The van der Waals surface area contributed by atoms with Gasteiger partial charge in [-0.1, -0.05) is 26.7 Å². The van der Waals surface area contributed by atoms with Crippen LogP contribution >= 0.6 is 0 Å². The summed E-state index contributed by atoms with van der Waals surface area (Å²) >= 11 is 0. The van der Waals surface area contributed by atoms with Gasteiger partial charge in [0.05, 0.1) is 5.29 Å². The van der Waals surface area contributed by atoms with Crippen LogP contribution in [0.15, 0.2) is 5.29 Å². The normalized spacial score (nSPS) is 9.86. The van der Waals surface area contributed by atoms with E-state index in [-0.39, 0.29) is 5.78 Å². The summed E-state index contributed by atoms with van der Waals surface area (Å²) in [6.07, 6.45) is 4.19. The molecule has 0 aliphatic rings. The number of hydrogen-bond donors (Lipinski definition) is 0. The van der Waals surface area contributed by atoms with E-state index < -0.39 is 0 Å². The first-order valence-corrected chi connectivity index (χ1v) is 5.34. The van der Waals surface area contributed by atoms with Crippen molar-refractivity contribution in [2.75, 3.05) is 13.1 Å². The number of carbonyl (C=O) groups excluding carboxylic acids is 1. The average molecular weight is 200 g/mol. The maximum atomic E-state index is 11.0. The van der Waals surface area contributed by atoms with Crippen molar-refractivity contribution in [1.29, 1.82) is 0 Å². The first-order chi connectivity index (χ1) is 6.74. The average Bonchev–Trinajstić information content (AvgIpc) is 2.22. The molecule has 0 fully saturated rings. The number of nitrogens with zero attached hydrogens (tertiary/aromatic N) is 2. The summed E-state index contributed by atoms with van der Waals surface area (Å²) in [5, 5.41) is 4.34. The lowest BCUT2D eigenvalue weighted by molar-refractivity contribution is -0.119. The summed E-state index contributed by atoms with van der Waals surface area (Å²) in [4.78, 5) is 21.4. The summed E-state index contributed by atoms with van der Waals surface area (Å²) < 4.78 is 0. The number of Topliss-reactive ketones (excluding diaryl/α,β-unsaturated/α-hetero) is 1. The second-order valence-electron chi connectivity index (χ2n) is 3.38. The second kappa shape index (κ2) is 8.66. The van der Waals surface area contributed by atoms with Gasteiger partial charge < -0.3 is 0 Å². The van der Waals surface area contributed by atoms with E-state index in [1.807, 2.05) is 6.92 Å². The minimum absolute atomic E-state index is 0.189. The van der Waals surface area contributed by atoms with Crippen LogP contribution in [0, 0.1) is 4.91 Å². The molecular weight excluding hydrogens is 180 g/mol. The molecule has 0 radical (unpaired) electrons. The molecule has 0 spiro atoms. The highest BCUT2D eigenvalue weighted by Crippen LogP contribution is 2.01. The Morgan fingerprint density at radius 3 is 2.43 bits per heavy atom. The van der Waals surface area contributed by atoms with Crippen LogP contribution in [0.4, 0.5) is 0 Å². The molecule has 0 saturated heterocycles. The van der Waals surface area contributed by atoms with Crippen molar-refractivity contribution in [2.24, 2.45) is 5.29 Å². The van der Waals surface area contributed by atoms with Crippen LogP contribution in [0.3, 0.4) is 0 Å². The highest BCUT2D eigenvalue weighted by molar-refractivity contribution is 5.78. The molecule has 0 aromatic carbocycles. The van der Waals surface area contributed by atoms with Crippen LogP contribution in [0.25, 0.3) is 0 Å². The largest absolute Gasteiger partial charge is 0.300 e. The Kier molecular flexibility index (Phi) is 8.08. The van der Waals surface area contributed by atoms with Crippen molar-refractivity contribution in [3.05, 3.63) is 4.91 Å². The van der Waals surface area contributed by atoms with Gasteiger partial charge >= 0.3 is 0 Å². The van der Waals surface area contributed by atoms with Crippen molar-refractivity contribution in [3.63, 3.8) is 0 Å². The number of rotatable bonds is 9. The molecule has 4 heteroatoms. The Bertz CT molecular complexity index is 172. The highest BCUT2D eigenvalue weighted by Gasteiger charge is 2.05. The minimum Gasteiger partial charge on any atom is -0.300 e. The molecule has 0 aliphatic carbocycles. The topological polar surface area (TPSA) is 49.7 Å². The third-order valence-electron chi connectivity index (χ3n) is 2.18. The number of hydrogen-bond acceptors (Lipinski definition) is 3. The molecule has 0 unspecified atom stereocenters. The molecule has 4 nitrogen and oxygen atoms in total. The van der Waals surface area contributed by atoms with Gasteiger partial charge in [-0.05, 0) is 6.42 Å². The first-order valence-electron chi connectivity index (χ1n) is 5.34. The first kappa shape index (κ1) is 13.1. The van der Waals surface area contributed by atoms with Crippen molar-refractivity contribution in [3.8, 4) is 0 Å². The van der Waals surface area contributed by atoms with Crippen molar-refractivity contribution >= 4 is 5.78 Å². The summed E-state index contributed by atoms with van der Waals surface area (Å²) in [5.74, 6) is 0.189. The maximum absolute atomic E-state index is 11.0.